The first-order valence-corrected chi connectivity index (χ1v) is 11.2. The van der Waals surface area contributed by atoms with Crippen LogP contribution in [-0.4, -0.2) is 46.9 Å². The summed E-state index contributed by atoms with van der Waals surface area (Å²) in [6.07, 6.45) is -7.34. The molecule has 182 valence electrons. The second-order valence-corrected chi connectivity index (χ2v) is 8.53. The number of carboxylic acid groups (broad SMARTS) is 1. The number of hydrogen-bond donors (Lipinski definition) is 3. The van der Waals surface area contributed by atoms with Gasteiger partial charge in [0.05, 0.1) is 6.42 Å². The van der Waals surface area contributed by atoms with Crippen LogP contribution in [0.1, 0.15) is 34.0 Å². The zero-order valence-electron chi connectivity index (χ0n) is 17.8. The van der Waals surface area contributed by atoms with Gasteiger partial charge in [-0.3, -0.25) is 10.1 Å². The number of rotatable bonds is 7. The molecule has 1 unspecified atom stereocenters. The maximum absolute atomic E-state index is 12.5. The van der Waals surface area contributed by atoms with Crippen LogP contribution in [0.4, 0.5) is 23.1 Å². The lowest BCUT2D eigenvalue weighted by Gasteiger charge is -2.15. The Bertz CT molecular complexity index is 1230. The molecule has 3 N–H and O–H groups in total. The number of aliphatic carboxylic acids is 1. The number of halogens is 3. The van der Waals surface area contributed by atoms with Crippen LogP contribution in [0.25, 0.3) is 11.1 Å². The number of alkyl halides is 3. The van der Waals surface area contributed by atoms with Gasteiger partial charge in [-0.25, -0.2) is 14.6 Å². The van der Waals surface area contributed by atoms with Crippen LogP contribution in [0.5, 0.6) is 0 Å². The molecule has 35 heavy (non-hydrogen) atoms. The van der Waals surface area contributed by atoms with Crippen molar-refractivity contribution in [3.05, 3.63) is 70.7 Å². The topological polar surface area (TPSA) is 118 Å². The number of ether oxygens (including phenoxy) is 1. The second-order valence-electron chi connectivity index (χ2n) is 7.67. The van der Waals surface area contributed by atoms with Gasteiger partial charge in [-0.2, -0.15) is 13.2 Å². The highest BCUT2D eigenvalue weighted by atomic mass is 32.1. The SMILES string of the molecule is O=C(Nc1nc(C(=O)NC(CC(F)(F)F)C(=O)O)cs1)OCC1c2ccccc2-c2ccccc21. The predicted molar refractivity (Wildman–Crippen MR) is 120 cm³/mol. The molecule has 0 aliphatic heterocycles. The maximum atomic E-state index is 12.5. The molecule has 0 spiro atoms. The van der Waals surface area contributed by atoms with E-state index in [2.05, 4.69) is 10.3 Å². The summed E-state index contributed by atoms with van der Waals surface area (Å²) in [6, 6.07) is 13.5. The molecule has 1 aliphatic carbocycles. The Morgan fingerprint density at radius 3 is 2.23 bits per heavy atom. The molecule has 0 radical (unpaired) electrons. The van der Waals surface area contributed by atoms with Crippen molar-refractivity contribution >= 4 is 34.4 Å². The van der Waals surface area contributed by atoms with E-state index in [-0.39, 0.29) is 23.4 Å². The van der Waals surface area contributed by atoms with E-state index < -0.39 is 36.6 Å². The average Bonchev–Trinajstić information content (AvgIpc) is 3.39. The largest absolute Gasteiger partial charge is 0.480 e. The van der Waals surface area contributed by atoms with Crippen LogP contribution in [0.15, 0.2) is 53.9 Å². The zero-order chi connectivity index (χ0) is 25.2. The highest BCUT2D eigenvalue weighted by Crippen LogP contribution is 2.44. The molecule has 1 aromatic heterocycles. The number of amides is 2. The van der Waals surface area contributed by atoms with Crippen LogP contribution in [0, 0.1) is 0 Å². The number of nitrogens with one attached hydrogen (secondary N) is 2. The number of aromatic nitrogens is 1. The summed E-state index contributed by atoms with van der Waals surface area (Å²) in [4.78, 5) is 39.3. The first kappa shape index (κ1) is 24.2. The Hall–Kier alpha value is -3.93. The lowest BCUT2D eigenvalue weighted by Crippen LogP contribution is -2.43. The third-order valence-corrected chi connectivity index (χ3v) is 6.09. The lowest BCUT2D eigenvalue weighted by molar-refractivity contribution is -0.157. The molecule has 0 saturated carbocycles. The summed E-state index contributed by atoms with van der Waals surface area (Å²) < 4.78 is 43.0. The smallest absolute Gasteiger partial charge is 0.413 e. The maximum Gasteiger partial charge on any atom is 0.413 e. The van der Waals surface area contributed by atoms with Crippen LogP contribution >= 0.6 is 11.3 Å². The molecule has 0 fully saturated rings. The quantitative estimate of drug-likeness (QED) is 0.431. The summed E-state index contributed by atoms with van der Waals surface area (Å²) in [7, 11) is 0. The van der Waals surface area contributed by atoms with Gasteiger partial charge in [0, 0.05) is 11.3 Å². The van der Waals surface area contributed by atoms with Crippen molar-refractivity contribution < 1.29 is 37.4 Å². The molecule has 8 nitrogen and oxygen atoms in total. The molecule has 0 saturated heterocycles. The van der Waals surface area contributed by atoms with Crippen LogP contribution in [0.3, 0.4) is 0 Å². The fourth-order valence-corrected chi connectivity index (χ4v) is 4.50. The number of benzene rings is 2. The van der Waals surface area contributed by atoms with Gasteiger partial charge in [-0.1, -0.05) is 48.5 Å². The van der Waals surface area contributed by atoms with Crippen molar-refractivity contribution in [3.63, 3.8) is 0 Å². The van der Waals surface area contributed by atoms with Crippen molar-refractivity contribution in [2.75, 3.05) is 11.9 Å². The van der Waals surface area contributed by atoms with Crippen molar-refractivity contribution in [2.24, 2.45) is 0 Å². The van der Waals surface area contributed by atoms with E-state index in [0.717, 1.165) is 33.6 Å². The summed E-state index contributed by atoms with van der Waals surface area (Å²) >= 11 is 0.837. The highest BCUT2D eigenvalue weighted by Gasteiger charge is 2.36. The average molecular weight is 505 g/mol. The molecule has 2 aromatic carbocycles. The number of thiazole rings is 1. The molecule has 1 aliphatic rings. The molecule has 1 atom stereocenters. The Morgan fingerprint density at radius 1 is 1.06 bits per heavy atom. The highest BCUT2D eigenvalue weighted by molar-refractivity contribution is 7.14. The zero-order valence-corrected chi connectivity index (χ0v) is 18.7. The van der Waals surface area contributed by atoms with Gasteiger partial charge in [0.25, 0.3) is 5.91 Å². The molecule has 2 amide bonds. The molecule has 0 bridgehead atoms. The normalized spacial score (nSPS) is 13.5. The minimum Gasteiger partial charge on any atom is -0.480 e. The molecule has 1 heterocycles. The molecule has 12 heteroatoms. The number of nitrogens with zero attached hydrogens (tertiary/aromatic N) is 1. The molecular weight excluding hydrogens is 487 g/mol. The van der Waals surface area contributed by atoms with Crippen LogP contribution in [0.2, 0.25) is 0 Å². The van der Waals surface area contributed by atoms with Gasteiger partial charge in [-0.15, -0.1) is 11.3 Å². The standard InChI is InChI=1S/C23H18F3N3O5S/c24-23(25,26)9-17(20(31)32)27-19(30)18-11-35-21(28-18)29-22(33)34-10-16-14-7-3-1-5-12(14)13-6-2-4-8-15(13)16/h1-8,11,16-17H,9-10H2,(H,27,30)(H,31,32)(H,28,29,33). The van der Waals surface area contributed by atoms with Gasteiger partial charge < -0.3 is 15.2 Å². The van der Waals surface area contributed by atoms with Gasteiger partial charge >= 0.3 is 18.2 Å². The Balaban J connectivity index is 1.36. The number of hydrogen-bond acceptors (Lipinski definition) is 6. The Labute approximate surface area is 200 Å². The van der Waals surface area contributed by atoms with E-state index in [1.165, 1.54) is 5.38 Å². The van der Waals surface area contributed by atoms with Crippen molar-refractivity contribution in [1.29, 1.82) is 0 Å². The number of carboxylic acids is 1. The number of fused-ring (bicyclic) bond motifs is 3. The Morgan fingerprint density at radius 2 is 1.66 bits per heavy atom. The van der Waals surface area contributed by atoms with Gasteiger partial charge in [0.15, 0.2) is 5.13 Å². The third kappa shape index (κ3) is 5.60. The van der Waals surface area contributed by atoms with E-state index in [4.69, 9.17) is 9.84 Å². The minimum absolute atomic E-state index is 0.0323. The van der Waals surface area contributed by atoms with E-state index >= 15 is 0 Å². The molecular formula is C23H18F3N3O5S. The third-order valence-electron chi connectivity index (χ3n) is 5.33. The van der Waals surface area contributed by atoms with Gasteiger partial charge in [0.1, 0.15) is 18.3 Å². The summed E-state index contributed by atoms with van der Waals surface area (Å²) in [5.74, 6) is -3.10. The fourth-order valence-electron chi connectivity index (χ4n) is 3.82. The van der Waals surface area contributed by atoms with E-state index in [0.29, 0.717) is 0 Å². The van der Waals surface area contributed by atoms with Crippen molar-refractivity contribution in [2.45, 2.75) is 24.6 Å². The summed E-state index contributed by atoms with van der Waals surface area (Å²) in [5, 5.41) is 14.2. The lowest BCUT2D eigenvalue weighted by atomic mass is 9.98. The monoisotopic (exact) mass is 505 g/mol. The van der Waals surface area contributed by atoms with Crippen molar-refractivity contribution in [3.8, 4) is 11.1 Å². The van der Waals surface area contributed by atoms with E-state index in [1.807, 2.05) is 48.5 Å². The predicted octanol–water partition coefficient (Wildman–Crippen LogP) is 4.64. The summed E-state index contributed by atoms with van der Waals surface area (Å²) in [6.45, 7) is 0.0519. The number of carbonyl (C=O) groups excluding carboxylic acids is 2. The Kier molecular flexibility index (Phi) is 6.74. The van der Waals surface area contributed by atoms with E-state index in [9.17, 15) is 27.6 Å². The molecule has 3 aromatic rings. The van der Waals surface area contributed by atoms with Gasteiger partial charge in [0.2, 0.25) is 0 Å². The second kappa shape index (κ2) is 9.74. The van der Waals surface area contributed by atoms with Gasteiger partial charge in [-0.05, 0) is 22.3 Å². The first-order valence-electron chi connectivity index (χ1n) is 10.3. The van der Waals surface area contributed by atoms with Crippen LogP contribution in [-0.2, 0) is 9.53 Å². The minimum atomic E-state index is -4.78. The summed E-state index contributed by atoms with van der Waals surface area (Å²) in [5.41, 5.74) is 3.86. The van der Waals surface area contributed by atoms with Crippen molar-refractivity contribution in [1.82, 2.24) is 10.3 Å². The number of anilines is 1. The van der Waals surface area contributed by atoms with E-state index in [1.54, 1.807) is 5.32 Å². The first-order chi connectivity index (χ1) is 16.6. The van der Waals surface area contributed by atoms with Crippen LogP contribution < -0.4 is 10.6 Å². The fraction of sp³-hybridized carbons (Fsp3) is 0.217. The number of carbonyl (C=O) groups is 3. The molecule has 4 rings (SSSR count).